The summed E-state index contributed by atoms with van der Waals surface area (Å²) >= 11 is 5.80. The lowest BCUT2D eigenvalue weighted by Crippen LogP contribution is -2.38. The molecule has 0 amide bonds. The number of hydrogen-bond acceptors (Lipinski definition) is 2. The van der Waals surface area contributed by atoms with Gasteiger partial charge in [-0.3, -0.25) is 4.99 Å². The molecule has 2 N–H and O–H groups in total. The summed E-state index contributed by atoms with van der Waals surface area (Å²) in [5.41, 5.74) is 2.74. The van der Waals surface area contributed by atoms with Crippen molar-refractivity contribution in [2.45, 2.75) is 45.4 Å². The molecular weight excluding hydrogens is 435 g/mol. The molecule has 6 heteroatoms. The predicted molar refractivity (Wildman–Crippen MR) is 114 cm³/mol. The van der Waals surface area contributed by atoms with E-state index in [0.29, 0.717) is 5.15 Å². The van der Waals surface area contributed by atoms with E-state index in [4.69, 9.17) is 11.6 Å². The number of rotatable bonds is 7. The highest BCUT2D eigenvalue weighted by atomic mass is 127. The second-order valence-electron chi connectivity index (χ2n) is 5.78. The number of halogens is 2. The quantitative estimate of drug-likeness (QED) is 0.208. The summed E-state index contributed by atoms with van der Waals surface area (Å²) in [5, 5.41) is 7.21. The Morgan fingerprint density at radius 3 is 2.79 bits per heavy atom. The fourth-order valence-corrected chi connectivity index (χ4v) is 2.78. The molecule has 1 aliphatic rings. The lowest BCUT2D eigenvalue weighted by Gasteiger charge is -2.13. The Balaban J connectivity index is 0.00000288. The van der Waals surface area contributed by atoms with Gasteiger partial charge < -0.3 is 10.6 Å². The monoisotopic (exact) mass is 462 g/mol. The summed E-state index contributed by atoms with van der Waals surface area (Å²) in [6.45, 7) is 4.64. The Hall–Kier alpha value is -0.820. The van der Waals surface area contributed by atoms with Crippen molar-refractivity contribution in [2.75, 3.05) is 19.6 Å². The molecule has 0 fully saturated rings. The third-order valence-electron chi connectivity index (χ3n) is 3.93. The molecule has 0 saturated heterocycles. The van der Waals surface area contributed by atoms with E-state index in [-0.39, 0.29) is 24.0 Å². The van der Waals surface area contributed by atoms with Crippen LogP contribution in [0.25, 0.3) is 0 Å². The molecule has 134 valence electrons. The number of nitrogens with zero attached hydrogens (tertiary/aromatic N) is 2. The van der Waals surface area contributed by atoms with Gasteiger partial charge in [0.25, 0.3) is 0 Å². The molecule has 0 bridgehead atoms. The molecule has 0 saturated carbocycles. The predicted octanol–water partition coefficient (Wildman–Crippen LogP) is 4.34. The highest BCUT2D eigenvalue weighted by Crippen LogP contribution is 2.19. The number of aliphatic imine (C=N–C) groups is 1. The van der Waals surface area contributed by atoms with Gasteiger partial charge in [0, 0.05) is 25.8 Å². The summed E-state index contributed by atoms with van der Waals surface area (Å²) < 4.78 is 0. The summed E-state index contributed by atoms with van der Waals surface area (Å²) in [6, 6.07) is 3.84. The molecule has 0 spiro atoms. The van der Waals surface area contributed by atoms with Gasteiger partial charge >= 0.3 is 0 Å². The third kappa shape index (κ3) is 8.33. The van der Waals surface area contributed by atoms with E-state index in [1.165, 1.54) is 31.2 Å². The maximum atomic E-state index is 5.80. The first-order valence-corrected chi connectivity index (χ1v) is 8.96. The highest BCUT2D eigenvalue weighted by Gasteiger charge is 2.03. The van der Waals surface area contributed by atoms with Crippen LogP contribution in [-0.4, -0.2) is 30.6 Å². The van der Waals surface area contributed by atoms with Crippen molar-refractivity contribution in [3.05, 3.63) is 40.7 Å². The average molecular weight is 463 g/mol. The zero-order chi connectivity index (χ0) is 16.3. The molecule has 1 aromatic heterocycles. The van der Waals surface area contributed by atoms with E-state index in [1.54, 1.807) is 5.57 Å². The van der Waals surface area contributed by atoms with Gasteiger partial charge in [-0.2, -0.15) is 0 Å². The van der Waals surface area contributed by atoms with Crippen molar-refractivity contribution in [1.29, 1.82) is 0 Å². The minimum atomic E-state index is 0. The van der Waals surface area contributed by atoms with Crippen LogP contribution in [-0.2, 0) is 6.42 Å². The van der Waals surface area contributed by atoms with Crippen molar-refractivity contribution in [3.63, 3.8) is 0 Å². The second kappa shape index (κ2) is 12.5. The largest absolute Gasteiger partial charge is 0.357 e. The van der Waals surface area contributed by atoms with Crippen LogP contribution < -0.4 is 10.6 Å². The molecule has 0 aromatic carbocycles. The summed E-state index contributed by atoms with van der Waals surface area (Å²) in [4.78, 5) is 8.77. The average Bonchev–Trinajstić information content (AvgIpc) is 2.58. The number of allylic oxidation sites excluding steroid dienone is 1. The molecule has 0 atom stereocenters. The SMILES string of the molecule is CCNC(=NCCC1=CCCCC1)NCCc1ccc(Cl)nc1.I. The Morgan fingerprint density at radius 1 is 1.25 bits per heavy atom. The van der Waals surface area contributed by atoms with Crippen molar-refractivity contribution in [3.8, 4) is 0 Å². The summed E-state index contributed by atoms with van der Waals surface area (Å²) in [6.07, 6.45) is 11.4. The van der Waals surface area contributed by atoms with E-state index in [2.05, 4.69) is 33.6 Å². The molecule has 4 nitrogen and oxygen atoms in total. The second-order valence-corrected chi connectivity index (χ2v) is 6.17. The molecule has 2 rings (SSSR count). The van der Waals surface area contributed by atoms with E-state index >= 15 is 0 Å². The Kier molecular flexibility index (Phi) is 11.1. The normalized spacial score (nSPS) is 14.6. The lowest BCUT2D eigenvalue weighted by molar-refractivity contribution is 0.674. The summed E-state index contributed by atoms with van der Waals surface area (Å²) in [7, 11) is 0. The standard InChI is InChI=1S/C18H27ClN4.HI/c1-2-20-18(21-12-10-15-6-4-3-5-7-15)22-13-11-16-8-9-17(19)23-14-16;/h6,8-9,14H,2-5,7,10-13H2,1H3,(H2,20,21,22);1H. The van der Waals surface area contributed by atoms with Gasteiger partial charge in [-0.15, -0.1) is 24.0 Å². The van der Waals surface area contributed by atoms with Gasteiger partial charge in [-0.1, -0.05) is 29.3 Å². The first-order valence-electron chi connectivity index (χ1n) is 8.58. The van der Waals surface area contributed by atoms with E-state index in [0.717, 1.165) is 38.4 Å². The maximum Gasteiger partial charge on any atom is 0.191 e. The van der Waals surface area contributed by atoms with Crippen LogP contribution in [0.15, 0.2) is 35.0 Å². The lowest BCUT2D eigenvalue weighted by atomic mass is 9.97. The Bertz CT molecular complexity index is 528. The highest BCUT2D eigenvalue weighted by molar-refractivity contribution is 14.0. The topological polar surface area (TPSA) is 49.3 Å². The number of pyridine rings is 1. The third-order valence-corrected chi connectivity index (χ3v) is 4.15. The van der Waals surface area contributed by atoms with Crippen LogP contribution in [0.5, 0.6) is 0 Å². The molecule has 0 aliphatic heterocycles. The molecule has 1 aliphatic carbocycles. The van der Waals surface area contributed by atoms with Gasteiger partial charge in [0.1, 0.15) is 5.15 Å². The Labute approximate surface area is 167 Å². The zero-order valence-corrected chi connectivity index (χ0v) is 17.4. The van der Waals surface area contributed by atoms with Crippen molar-refractivity contribution < 1.29 is 0 Å². The molecule has 0 radical (unpaired) electrons. The summed E-state index contributed by atoms with van der Waals surface area (Å²) in [5.74, 6) is 0.894. The van der Waals surface area contributed by atoms with Crippen LogP contribution in [0.1, 0.15) is 44.6 Å². The van der Waals surface area contributed by atoms with Crippen molar-refractivity contribution in [2.24, 2.45) is 4.99 Å². The zero-order valence-electron chi connectivity index (χ0n) is 14.4. The van der Waals surface area contributed by atoms with Crippen LogP contribution in [0.3, 0.4) is 0 Å². The van der Waals surface area contributed by atoms with Crippen molar-refractivity contribution in [1.82, 2.24) is 15.6 Å². The molecule has 1 aromatic rings. The van der Waals surface area contributed by atoms with Crippen LogP contribution in [0, 0.1) is 0 Å². The number of guanidine groups is 1. The maximum absolute atomic E-state index is 5.80. The van der Waals surface area contributed by atoms with Crippen LogP contribution in [0.4, 0.5) is 0 Å². The molecule has 1 heterocycles. The van der Waals surface area contributed by atoms with Crippen LogP contribution >= 0.6 is 35.6 Å². The molecular formula is C18H28ClIN4. The fraction of sp³-hybridized carbons (Fsp3) is 0.556. The number of hydrogen-bond donors (Lipinski definition) is 2. The smallest absolute Gasteiger partial charge is 0.191 e. The first kappa shape index (κ1) is 21.2. The Morgan fingerprint density at radius 2 is 2.12 bits per heavy atom. The van der Waals surface area contributed by atoms with Gasteiger partial charge in [0.2, 0.25) is 0 Å². The minimum absolute atomic E-state index is 0. The number of aromatic nitrogens is 1. The van der Waals surface area contributed by atoms with Gasteiger partial charge in [-0.05, 0) is 57.1 Å². The fourth-order valence-electron chi connectivity index (χ4n) is 2.66. The van der Waals surface area contributed by atoms with Gasteiger partial charge in [0.15, 0.2) is 5.96 Å². The first-order chi connectivity index (χ1) is 11.3. The van der Waals surface area contributed by atoms with Gasteiger partial charge in [0.05, 0.1) is 0 Å². The van der Waals surface area contributed by atoms with Crippen LogP contribution in [0.2, 0.25) is 5.15 Å². The molecule has 0 unspecified atom stereocenters. The van der Waals surface area contributed by atoms with Crippen molar-refractivity contribution >= 4 is 41.5 Å². The number of nitrogens with one attached hydrogen (secondary N) is 2. The van der Waals surface area contributed by atoms with E-state index in [1.807, 2.05) is 18.3 Å². The molecule has 24 heavy (non-hydrogen) atoms. The van der Waals surface area contributed by atoms with E-state index < -0.39 is 0 Å². The van der Waals surface area contributed by atoms with E-state index in [9.17, 15) is 0 Å². The minimum Gasteiger partial charge on any atom is -0.357 e. The van der Waals surface area contributed by atoms with Gasteiger partial charge in [-0.25, -0.2) is 4.98 Å².